The Morgan fingerprint density at radius 2 is 2.11 bits per heavy atom. The van der Waals surface area contributed by atoms with Crippen molar-refractivity contribution >= 4 is 21.4 Å². The molecule has 0 aliphatic rings. The Kier molecular flexibility index (Phi) is 2.80. The first-order valence-corrected chi connectivity index (χ1v) is 6.32. The Labute approximate surface area is 117 Å². The Balaban J connectivity index is 2.38. The summed E-state index contributed by atoms with van der Waals surface area (Å²) < 4.78 is 16.4. The minimum absolute atomic E-state index is 0.287. The van der Waals surface area contributed by atoms with Gasteiger partial charge in [-0.05, 0) is 30.3 Å². The molecule has 0 unspecified atom stereocenters. The number of pyridine rings is 1. The van der Waals surface area contributed by atoms with Crippen LogP contribution in [0.2, 0.25) is 0 Å². The van der Waals surface area contributed by atoms with Crippen LogP contribution < -0.4 is 0 Å². The fourth-order valence-corrected chi connectivity index (χ4v) is 2.34. The third kappa shape index (κ3) is 1.90. The van der Waals surface area contributed by atoms with E-state index in [0.717, 1.165) is 4.47 Å². The van der Waals surface area contributed by atoms with Crippen molar-refractivity contribution in [1.29, 1.82) is 5.26 Å². The van der Waals surface area contributed by atoms with E-state index in [4.69, 9.17) is 5.26 Å². The summed E-state index contributed by atoms with van der Waals surface area (Å²) in [5.74, 6) is 0.0504. The van der Waals surface area contributed by atoms with Gasteiger partial charge in [-0.3, -0.25) is 4.40 Å². The van der Waals surface area contributed by atoms with Crippen LogP contribution in [0.4, 0.5) is 4.39 Å². The van der Waals surface area contributed by atoms with Gasteiger partial charge in [-0.25, -0.2) is 9.37 Å². The fraction of sp³-hybridized carbons (Fsp3) is 0. The minimum atomic E-state index is -0.372. The number of hydrogen-bond acceptors (Lipinski definition) is 2. The largest absolute Gasteiger partial charge is 0.298 e. The normalized spacial score (nSPS) is 10.6. The molecule has 0 amide bonds. The highest BCUT2D eigenvalue weighted by Crippen LogP contribution is 2.27. The molecule has 0 bridgehead atoms. The van der Waals surface area contributed by atoms with Gasteiger partial charge in [0.15, 0.2) is 5.69 Å². The SMILES string of the molecule is N#Cc1nc(-c2cc(Br)ccc2F)n2ccccc12. The molecule has 0 atom stereocenters. The van der Waals surface area contributed by atoms with Gasteiger partial charge in [0, 0.05) is 10.7 Å². The van der Waals surface area contributed by atoms with Crippen molar-refractivity contribution in [3.8, 4) is 17.5 Å². The number of hydrogen-bond donors (Lipinski definition) is 0. The number of nitrogens with zero attached hydrogens (tertiary/aromatic N) is 3. The maximum absolute atomic E-state index is 13.9. The molecule has 0 radical (unpaired) electrons. The highest BCUT2D eigenvalue weighted by Gasteiger charge is 2.15. The van der Waals surface area contributed by atoms with Gasteiger partial charge < -0.3 is 0 Å². The van der Waals surface area contributed by atoms with Gasteiger partial charge in [0.2, 0.25) is 0 Å². The number of aromatic nitrogens is 2. The second-order valence-electron chi connectivity index (χ2n) is 3.98. The van der Waals surface area contributed by atoms with Crippen LogP contribution in [0.5, 0.6) is 0 Å². The molecule has 3 nitrogen and oxygen atoms in total. The molecule has 0 aliphatic carbocycles. The summed E-state index contributed by atoms with van der Waals surface area (Å²) >= 11 is 3.31. The van der Waals surface area contributed by atoms with Crippen LogP contribution in [-0.4, -0.2) is 9.38 Å². The first-order valence-electron chi connectivity index (χ1n) is 5.53. The first-order chi connectivity index (χ1) is 9.20. The lowest BCUT2D eigenvalue weighted by molar-refractivity contribution is 0.629. The molecule has 2 aromatic heterocycles. The average Bonchev–Trinajstić information content (AvgIpc) is 2.80. The van der Waals surface area contributed by atoms with E-state index in [-0.39, 0.29) is 11.5 Å². The lowest BCUT2D eigenvalue weighted by atomic mass is 10.2. The van der Waals surface area contributed by atoms with E-state index in [0.29, 0.717) is 16.9 Å². The quantitative estimate of drug-likeness (QED) is 0.685. The van der Waals surface area contributed by atoms with Crippen LogP contribution in [0.3, 0.4) is 0 Å². The van der Waals surface area contributed by atoms with Crippen molar-refractivity contribution in [1.82, 2.24) is 9.38 Å². The molecule has 0 aliphatic heterocycles. The van der Waals surface area contributed by atoms with E-state index >= 15 is 0 Å². The molecule has 19 heavy (non-hydrogen) atoms. The third-order valence-corrected chi connectivity index (χ3v) is 3.32. The van der Waals surface area contributed by atoms with E-state index < -0.39 is 0 Å². The second-order valence-corrected chi connectivity index (χ2v) is 4.89. The van der Waals surface area contributed by atoms with E-state index in [1.165, 1.54) is 6.07 Å². The highest BCUT2D eigenvalue weighted by atomic mass is 79.9. The monoisotopic (exact) mass is 315 g/mol. The van der Waals surface area contributed by atoms with Crippen LogP contribution >= 0.6 is 15.9 Å². The molecule has 3 rings (SSSR count). The molecule has 0 saturated heterocycles. The Bertz CT molecular complexity index is 817. The van der Waals surface area contributed by atoms with Crippen molar-refractivity contribution in [2.75, 3.05) is 0 Å². The summed E-state index contributed by atoms with van der Waals surface area (Å²) in [4.78, 5) is 4.22. The van der Waals surface area contributed by atoms with Crippen LogP contribution in [0.1, 0.15) is 5.69 Å². The number of rotatable bonds is 1. The molecule has 0 fully saturated rings. The molecule has 3 aromatic rings. The van der Waals surface area contributed by atoms with Gasteiger partial charge in [-0.1, -0.05) is 22.0 Å². The van der Waals surface area contributed by atoms with Crippen LogP contribution in [0, 0.1) is 17.1 Å². The standard InChI is InChI=1S/C14H7BrFN3/c15-9-4-5-11(16)10(7-9)14-18-12(8-17)13-3-1-2-6-19(13)14/h1-7H. The first kappa shape index (κ1) is 11.9. The van der Waals surface area contributed by atoms with E-state index in [2.05, 4.69) is 20.9 Å². The van der Waals surface area contributed by atoms with E-state index in [1.807, 2.05) is 18.2 Å². The predicted molar refractivity (Wildman–Crippen MR) is 73.0 cm³/mol. The van der Waals surface area contributed by atoms with Gasteiger partial charge in [0.05, 0.1) is 11.1 Å². The van der Waals surface area contributed by atoms with E-state index in [9.17, 15) is 4.39 Å². The van der Waals surface area contributed by atoms with Crippen molar-refractivity contribution in [2.24, 2.45) is 0 Å². The highest BCUT2D eigenvalue weighted by molar-refractivity contribution is 9.10. The molecular formula is C14H7BrFN3. The predicted octanol–water partition coefficient (Wildman–Crippen LogP) is 3.77. The van der Waals surface area contributed by atoms with Crippen LogP contribution in [-0.2, 0) is 0 Å². The molecule has 1 aromatic carbocycles. The zero-order valence-electron chi connectivity index (χ0n) is 9.64. The van der Waals surface area contributed by atoms with Gasteiger partial charge in [-0.15, -0.1) is 0 Å². The molecule has 5 heteroatoms. The third-order valence-electron chi connectivity index (χ3n) is 2.82. The van der Waals surface area contributed by atoms with Crippen LogP contribution in [0.25, 0.3) is 16.9 Å². The smallest absolute Gasteiger partial charge is 0.166 e. The minimum Gasteiger partial charge on any atom is -0.298 e. The van der Waals surface area contributed by atoms with Crippen molar-refractivity contribution in [3.05, 3.63) is 58.6 Å². The molecule has 0 saturated carbocycles. The summed E-state index contributed by atoms with van der Waals surface area (Å²) in [5.41, 5.74) is 1.31. The maximum Gasteiger partial charge on any atom is 0.166 e. The zero-order valence-corrected chi connectivity index (χ0v) is 11.2. The van der Waals surface area contributed by atoms with Gasteiger partial charge in [-0.2, -0.15) is 5.26 Å². The number of halogens is 2. The summed E-state index contributed by atoms with van der Waals surface area (Å²) in [6.07, 6.45) is 1.76. The van der Waals surface area contributed by atoms with Gasteiger partial charge >= 0.3 is 0 Å². The Morgan fingerprint density at radius 3 is 2.89 bits per heavy atom. The summed E-state index contributed by atoms with van der Waals surface area (Å²) in [7, 11) is 0. The molecule has 0 spiro atoms. The second kappa shape index (κ2) is 4.48. The molecular weight excluding hydrogens is 309 g/mol. The van der Waals surface area contributed by atoms with E-state index in [1.54, 1.807) is 28.8 Å². The number of fused-ring (bicyclic) bond motifs is 1. The summed E-state index contributed by atoms with van der Waals surface area (Å²) in [6.45, 7) is 0. The maximum atomic E-state index is 13.9. The molecule has 0 N–H and O–H groups in total. The Hall–Kier alpha value is -2.19. The zero-order chi connectivity index (χ0) is 13.4. The number of nitriles is 1. The Morgan fingerprint density at radius 1 is 1.26 bits per heavy atom. The number of benzene rings is 1. The summed E-state index contributed by atoms with van der Waals surface area (Å²) in [5, 5.41) is 9.09. The van der Waals surface area contributed by atoms with Crippen molar-refractivity contribution < 1.29 is 4.39 Å². The van der Waals surface area contributed by atoms with Gasteiger partial charge in [0.1, 0.15) is 17.7 Å². The lowest BCUT2D eigenvalue weighted by Crippen LogP contribution is -1.91. The topological polar surface area (TPSA) is 41.1 Å². The molecule has 2 heterocycles. The fourth-order valence-electron chi connectivity index (χ4n) is 1.98. The number of imidazole rings is 1. The lowest BCUT2D eigenvalue weighted by Gasteiger charge is -2.03. The average molecular weight is 316 g/mol. The van der Waals surface area contributed by atoms with Gasteiger partial charge in [0.25, 0.3) is 0 Å². The van der Waals surface area contributed by atoms with Crippen molar-refractivity contribution in [2.45, 2.75) is 0 Å². The summed E-state index contributed by atoms with van der Waals surface area (Å²) in [6, 6.07) is 12.1. The molecule has 92 valence electrons. The van der Waals surface area contributed by atoms with Crippen molar-refractivity contribution in [3.63, 3.8) is 0 Å². The van der Waals surface area contributed by atoms with Crippen LogP contribution in [0.15, 0.2) is 47.1 Å².